The Bertz CT molecular complexity index is 562. The van der Waals surface area contributed by atoms with Gasteiger partial charge in [0.15, 0.2) is 20.9 Å². The summed E-state index contributed by atoms with van der Waals surface area (Å²) >= 11 is 3.01. The second kappa shape index (κ2) is 5.62. The van der Waals surface area contributed by atoms with Crippen LogP contribution in [0.4, 0.5) is 0 Å². The maximum Gasteiger partial charge on any atom is 0.321 e. The number of carbonyl (C=O) groups is 2. The smallest absolute Gasteiger partial charge is 0.321 e. The van der Waals surface area contributed by atoms with Gasteiger partial charge in [-0.2, -0.15) is 0 Å². The Hall–Kier alpha value is -1.21. The second-order valence-corrected chi connectivity index (χ2v) is 6.44. The summed E-state index contributed by atoms with van der Waals surface area (Å²) in [4.78, 5) is 21.9. The van der Waals surface area contributed by atoms with E-state index in [9.17, 15) is 18.0 Å². The number of hydrogen-bond donors (Lipinski definition) is 1. The standard InChI is InChI=1S/C11H11BrO5S/c1-7(11(14)15)18(16,17)9-4-2-8(3-5-9)10(13)6-12/h2-5,7H,6H2,1H3,(H,14,15). The van der Waals surface area contributed by atoms with Crippen molar-refractivity contribution in [2.24, 2.45) is 0 Å². The van der Waals surface area contributed by atoms with Gasteiger partial charge in [-0.25, -0.2) is 8.42 Å². The Morgan fingerprint density at radius 3 is 2.17 bits per heavy atom. The lowest BCUT2D eigenvalue weighted by Gasteiger charge is -2.08. The Morgan fingerprint density at radius 2 is 1.78 bits per heavy atom. The van der Waals surface area contributed by atoms with Crippen LogP contribution >= 0.6 is 15.9 Å². The van der Waals surface area contributed by atoms with Gasteiger partial charge in [0.25, 0.3) is 0 Å². The summed E-state index contributed by atoms with van der Waals surface area (Å²) in [6.45, 7) is 1.11. The molecule has 0 saturated heterocycles. The summed E-state index contributed by atoms with van der Waals surface area (Å²) < 4.78 is 23.7. The van der Waals surface area contributed by atoms with Gasteiger partial charge in [0.2, 0.25) is 0 Å². The van der Waals surface area contributed by atoms with Crippen LogP contribution in [-0.2, 0) is 14.6 Å². The molecule has 0 amide bonds. The topological polar surface area (TPSA) is 88.5 Å². The van der Waals surface area contributed by atoms with Crippen LogP contribution in [0.15, 0.2) is 29.2 Å². The van der Waals surface area contributed by atoms with Crippen LogP contribution in [-0.4, -0.2) is 35.9 Å². The van der Waals surface area contributed by atoms with Crippen LogP contribution < -0.4 is 0 Å². The largest absolute Gasteiger partial charge is 0.480 e. The average molecular weight is 335 g/mol. The van der Waals surface area contributed by atoms with Crippen LogP contribution in [0.1, 0.15) is 17.3 Å². The van der Waals surface area contributed by atoms with Gasteiger partial charge in [0.05, 0.1) is 10.2 Å². The van der Waals surface area contributed by atoms with Crippen molar-refractivity contribution in [1.29, 1.82) is 0 Å². The summed E-state index contributed by atoms with van der Waals surface area (Å²) in [5.74, 6) is -1.58. The number of carbonyl (C=O) groups excluding carboxylic acids is 1. The molecule has 18 heavy (non-hydrogen) atoms. The number of halogens is 1. The number of Topliss-reactive ketones (excluding diaryl/α,β-unsaturated/α-hetero) is 1. The van der Waals surface area contributed by atoms with E-state index in [0.717, 1.165) is 6.92 Å². The Labute approximate surface area is 113 Å². The van der Waals surface area contributed by atoms with Crippen molar-refractivity contribution in [3.05, 3.63) is 29.8 Å². The molecule has 1 aromatic carbocycles. The first kappa shape index (κ1) is 14.8. The third-order valence-corrected chi connectivity index (χ3v) is 5.01. The summed E-state index contributed by atoms with van der Waals surface area (Å²) in [5, 5.41) is 7.35. The lowest BCUT2D eigenvalue weighted by atomic mass is 10.2. The minimum Gasteiger partial charge on any atom is -0.480 e. The molecular weight excluding hydrogens is 324 g/mol. The highest BCUT2D eigenvalue weighted by Crippen LogP contribution is 2.17. The lowest BCUT2D eigenvalue weighted by molar-refractivity contribution is -0.136. The number of ketones is 1. The fourth-order valence-electron chi connectivity index (χ4n) is 1.24. The van der Waals surface area contributed by atoms with Crippen LogP contribution in [0, 0.1) is 0 Å². The molecule has 98 valence electrons. The first-order valence-electron chi connectivity index (χ1n) is 4.96. The molecule has 0 aromatic heterocycles. The molecule has 0 heterocycles. The molecule has 7 heteroatoms. The molecule has 0 aliphatic carbocycles. The normalized spacial score (nSPS) is 13.0. The summed E-state index contributed by atoms with van der Waals surface area (Å²) in [5.41, 5.74) is 0.369. The van der Waals surface area contributed by atoms with E-state index in [1.165, 1.54) is 24.3 Å². The van der Waals surface area contributed by atoms with E-state index in [1.807, 2.05) is 0 Å². The molecule has 0 saturated carbocycles. The number of carboxylic acid groups (broad SMARTS) is 1. The molecule has 1 atom stereocenters. The zero-order chi connectivity index (χ0) is 13.9. The molecule has 1 aromatic rings. The summed E-state index contributed by atoms with van der Waals surface area (Å²) in [7, 11) is -3.91. The summed E-state index contributed by atoms with van der Waals surface area (Å²) in [6, 6.07) is 5.21. The van der Waals surface area contributed by atoms with Crippen molar-refractivity contribution in [1.82, 2.24) is 0 Å². The van der Waals surface area contributed by atoms with E-state index in [0.29, 0.717) is 5.56 Å². The Balaban J connectivity index is 3.13. The molecular formula is C11H11BrO5S. The highest BCUT2D eigenvalue weighted by molar-refractivity contribution is 9.09. The Kier molecular flexibility index (Phi) is 4.64. The second-order valence-electron chi connectivity index (χ2n) is 3.61. The van der Waals surface area contributed by atoms with Crippen molar-refractivity contribution >= 4 is 37.5 Å². The van der Waals surface area contributed by atoms with Crippen molar-refractivity contribution in [3.63, 3.8) is 0 Å². The fraction of sp³-hybridized carbons (Fsp3) is 0.273. The quantitative estimate of drug-likeness (QED) is 0.651. The van der Waals surface area contributed by atoms with Crippen LogP contribution in [0.2, 0.25) is 0 Å². The van der Waals surface area contributed by atoms with Crippen molar-refractivity contribution in [2.75, 3.05) is 5.33 Å². The molecule has 0 aliphatic heterocycles. The first-order chi connectivity index (χ1) is 8.30. The minimum absolute atomic E-state index is 0.108. The van der Waals surface area contributed by atoms with E-state index in [1.54, 1.807) is 0 Å². The zero-order valence-electron chi connectivity index (χ0n) is 9.46. The van der Waals surface area contributed by atoms with Gasteiger partial charge in [0, 0.05) is 5.56 Å². The number of carboxylic acids is 1. The molecule has 5 nitrogen and oxygen atoms in total. The van der Waals surface area contributed by atoms with Crippen molar-refractivity contribution < 1.29 is 23.1 Å². The van der Waals surface area contributed by atoms with E-state index in [4.69, 9.17) is 5.11 Å². The van der Waals surface area contributed by atoms with E-state index in [2.05, 4.69) is 15.9 Å². The van der Waals surface area contributed by atoms with E-state index in [-0.39, 0.29) is 16.0 Å². The van der Waals surface area contributed by atoms with Gasteiger partial charge in [-0.15, -0.1) is 0 Å². The van der Waals surface area contributed by atoms with Gasteiger partial charge < -0.3 is 5.11 Å². The van der Waals surface area contributed by atoms with Crippen LogP contribution in [0.25, 0.3) is 0 Å². The third kappa shape index (κ3) is 2.97. The minimum atomic E-state index is -3.91. The maximum absolute atomic E-state index is 11.8. The van der Waals surface area contributed by atoms with Crippen molar-refractivity contribution in [2.45, 2.75) is 17.1 Å². The van der Waals surface area contributed by atoms with Crippen molar-refractivity contribution in [3.8, 4) is 0 Å². The fourth-order valence-corrected chi connectivity index (χ4v) is 2.76. The number of sulfone groups is 1. The molecule has 1 rings (SSSR count). The molecule has 1 unspecified atom stereocenters. The molecule has 0 aliphatic rings. The van der Waals surface area contributed by atoms with Crippen LogP contribution in [0.5, 0.6) is 0 Å². The Morgan fingerprint density at radius 1 is 1.28 bits per heavy atom. The maximum atomic E-state index is 11.8. The van der Waals surface area contributed by atoms with Gasteiger partial charge in [-0.1, -0.05) is 28.1 Å². The van der Waals surface area contributed by atoms with E-state index >= 15 is 0 Å². The number of benzene rings is 1. The molecule has 1 N–H and O–H groups in total. The highest BCUT2D eigenvalue weighted by atomic mass is 79.9. The molecule has 0 spiro atoms. The number of rotatable bonds is 5. The predicted octanol–water partition coefficient (Wildman–Crippen LogP) is 1.51. The third-order valence-electron chi connectivity index (χ3n) is 2.44. The first-order valence-corrected chi connectivity index (χ1v) is 7.63. The zero-order valence-corrected chi connectivity index (χ0v) is 11.9. The average Bonchev–Trinajstić information content (AvgIpc) is 2.36. The number of alkyl halides is 1. The highest BCUT2D eigenvalue weighted by Gasteiger charge is 2.29. The number of hydrogen-bond acceptors (Lipinski definition) is 4. The monoisotopic (exact) mass is 334 g/mol. The van der Waals surface area contributed by atoms with Gasteiger partial charge >= 0.3 is 5.97 Å². The van der Waals surface area contributed by atoms with Gasteiger partial charge in [-0.05, 0) is 19.1 Å². The number of aliphatic carboxylic acids is 1. The van der Waals surface area contributed by atoms with Gasteiger partial charge in [0.1, 0.15) is 0 Å². The van der Waals surface area contributed by atoms with Crippen LogP contribution in [0.3, 0.4) is 0 Å². The SMILES string of the molecule is CC(C(=O)O)S(=O)(=O)c1ccc(C(=O)CBr)cc1. The van der Waals surface area contributed by atoms with Gasteiger partial charge in [-0.3, -0.25) is 9.59 Å². The molecule has 0 bridgehead atoms. The molecule has 0 fully saturated rings. The summed E-state index contributed by atoms with van der Waals surface area (Å²) in [6.07, 6.45) is 0. The predicted molar refractivity (Wildman–Crippen MR) is 68.9 cm³/mol. The molecule has 0 radical (unpaired) electrons. The lowest BCUT2D eigenvalue weighted by Crippen LogP contribution is -2.26. The van der Waals surface area contributed by atoms with E-state index < -0.39 is 21.1 Å².